The number of allylic oxidation sites excluding steroid dienone is 1. The lowest BCUT2D eigenvalue weighted by Crippen LogP contribution is -2.25. The molecule has 1 unspecified atom stereocenters. The van der Waals surface area contributed by atoms with Crippen LogP contribution in [-0.4, -0.2) is 38.2 Å². The number of benzene rings is 5. The molecule has 0 saturated heterocycles. The van der Waals surface area contributed by atoms with Gasteiger partial charge >= 0.3 is 6.16 Å². The molecule has 2 heterocycles. The second-order valence-electron chi connectivity index (χ2n) is 13.4. The Bertz CT molecular complexity index is 2870. The lowest BCUT2D eigenvalue weighted by Gasteiger charge is -2.26. The molecule has 5 aromatic carbocycles. The summed E-state index contributed by atoms with van der Waals surface area (Å²) in [4.78, 5) is 28.0. The molecule has 0 aliphatic carbocycles. The number of hydrogen-bond donors (Lipinski definition) is 0. The van der Waals surface area contributed by atoms with Crippen molar-refractivity contribution in [2.75, 3.05) is 0 Å². The van der Waals surface area contributed by atoms with Crippen molar-refractivity contribution in [3.8, 4) is 28.6 Å². The Morgan fingerprint density at radius 3 is 2.39 bits per heavy atom. The number of nitro groups is 1. The molecule has 0 aliphatic heterocycles. The van der Waals surface area contributed by atoms with Crippen LogP contribution in [0.1, 0.15) is 30.3 Å². The van der Waals surface area contributed by atoms with Crippen LogP contribution in [0.4, 0.5) is 19.3 Å². The molecule has 7 aromatic rings. The summed E-state index contributed by atoms with van der Waals surface area (Å²) in [5, 5.41) is 15.8. The number of carbonyl (C=O) groups is 1. The summed E-state index contributed by atoms with van der Waals surface area (Å²) in [6.45, 7) is 5.18. The number of fused-ring (bicyclic) bond motifs is 1. The van der Waals surface area contributed by atoms with Gasteiger partial charge in [-0.25, -0.2) is 35.6 Å². The quantitative estimate of drug-likeness (QED) is 0.0359. The fourth-order valence-corrected chi connectivity index (χ4v) is 8.26. The van der Waals surface area contributed by atoms with Crippen molar-refractivity contribution in [3.63, 3.8) is 0 Å². The summed E-state index contributed by atoms with van der Waals surface area (Å²) in [5.41, 5.74) is -0.304. The first kappa shape index (κ1) is 40.5. The Morgan fingerprint density at radius 1 is 0.966 bits per heavy atom. The molecule has 0 amide bonds. The Morgan fingerprint density at radius 2 is 1.69 bits per heavy atom. The van der Waals surface area contributed by atoms with Gasteiger partial charge < -0.3 is 14.2 Å². The smallest absolute Gasteiger partial charge is 0.454 e. The van der Waals surface area contributed by atoms with Crippen LogP contribution in [-0.2, 0) is 33.8 Å². The maximum Gasteiger partial charge on any atom is 0.514 e. The van der Waals surface area contributed by atoms with E-state index in [0.29, 0.717) is 12.2 Å². The molecule has 13 nitrogen and oxygen atoms in total. The van der Waals surface area contributed by atoms with E-state index in [9.17, 15) is 23.3 Å². The molecule has 300 valence electrons. The molecule has 0 fully saturated rings. The number of non-ortho nitro benzene ring substituents is 1. The molecular formula is C42H32BrF2N5O8S. The SMILES string of the molecule is C=CCC(C)(c1cccc(Br)c1)c1nc(-c2cc(Oc3c(F)cc4c(ccn4S(=O)(=O)c4ccccc4)c3COC(=O)Oc3ccc([N+](=O)[O-])cc3)ccc2F)n(C)n1. The van der Waals surface area contributed by atoms with E-state index in [1.54, 1.807) is 31.3 Å². The van der Waals surface area contributed by atoms with Crippen LogP contribution in [0.25, 0.3) is 22.3 Å². The number of hydrogen-bond acceptors (Lipinski definition) is 10. The fourth-order valence-electron chi connectivity index (χ4n) is 6.51. The van der Waals surface area contributed by atoms with E-state index in [1.165, 1.54) is 53.3 Å². The molecule has 7 rings (SSSR count). The van der Waals surface area contributed by atoms with Gasteiger partial charge in [-0.15, -0.1) is 6.58 Å². The number of halogens is 3. The molecule has 0 radical (unpaired) electrons. The van der Waals surface area contributed by atoms with Gasteiger partial charge in [-0.1, -0.05) is 52.3 Å². The zero-order chi connectivity index (χ0) is 42.1. The third kappa shape index (κ3) is 8.06. The van der Waals surface area contributed by atoms with Crippen LogP contribution in [0, 0.1) is 21.7 Å². The Balaban J connectivity index is 1.27. The average Bonchev–Trinajstić information content (AvgIpc) is 3.83. The Kier molecular flexibility index (Phi) is 11.2. The highest BCUT2D eigenvalue weighted by atomic mass is 79.9. The Labute approximate surface area is 344 Å². The zero-order valence-electron chi connectivity index (χ0n) is 31.2. The van der Waals surface area contributed by atoms with Crippen molar-refractivity contribution in [3.05, 3.63) is 171 Å². The zero-order valence-corrected chi connectivity index (χ0v) is 33.6. The van der Waals surface area contributed by atoms with Gasteiger partial charge in [0.05, 0.1) is 26.3 Å². The lowest BCUT2D eigenvalue weighted by molar-refractivity contribution is -0.384. The summed E-state index contributed by atoms with van der Waals surface area (Å²) < 4.78 is 79.2. The van der Waals surface area contributed by atoms with Crippen molar-refractivity contribution >= 4 is 48.7 Å². The topological polar surface area (TPSA) is 158 Å². The van der Waals surface area contributed by atoms with Gasteiger partial charge in [-0.3, -0.25) is 10.1 Å². The number of nitro benzene ring substituents is 1. The molecule has 59 heavy (non-hydrogen) atoms. The second-order valence-corrected chi connectivity index (χ2v) is 16.1. The Hall–Kier alpha value is -6.72. The predicted molar refractivity (Wildman–Crippen MR) is 217 cm³/mol. The fraction of sp³-hybridized carbons (Fsp3) is 0.119. The molecule has 0 saturated carbocycles. The molecular weight excluding hydrogens is 852 g/mol. The third-order valence-corrected chi connectivity index (χ3v) is 11.7. The molecule has 0 N–H and O–H groups in total. The summed E-state index contributed by atoms with van der Waals surface area (Å²) in [7, 11) is -2.61. The molecule has 2 aromatic heterocycles. The van der Waals surface area contributed by atoms with E-state index in [2.05, 4.69) is 27.6 Å². The third-order valence-electron chi connectivity index (χ3n) is 9.52. The van der Waals surface area contributed by atoms with Crippen LogP contribution in [0.5, 0.6) is 17.2 Å². The largest absolute Gasteiger partial charge is 0.514 e. The maximum atomic E-state index is 16.4. The number of carbonyl (C=O) groups excluding carboxylic acids is 1. The van der Waals surface area contributed by atoms with Gasteiger partial charge in [0.1, 0.15) is 23.9 Å². The van der Waals surface area contributed by atoms with E-state index in [-0.39, 0.29) is 49.9 Å². The van der Waals surface area contributed by atoms with E-state index < -0.39 is 50.5 Å². The van der Waals surface area contributed by atoms with Gasteiger partial charge in [-0.05, 0) is 79.6 Å². The van der Waals surface area contributed by atoms with Gasteiger partial charge in [0.2, 0.25) is 0 Å². The summed E-state index contributed by atoms with van der Waals surface area (Å²) >= 11 is 3.52. The van der Waals surface area contributed by atoms with Crippen LogP contribution in [0.15, 0.2) is 137 Å². The van der Waals surface area contributed by atoms with Crippen LogP contribution >= 0.6 is 15.9 Å². The number of rotatable bonds is 13. The van der Waals surface area contributed by atoms with Crippen LogP contribution in [0.3, 0.4) is 0 Å². The first-order chi connectivity index (χ1) is 28.2. The maximum absolute atomic E-state index is 16.4. The normalized spacial score (nSPS) is 12.5. The summed E-state index contributed by atoms with van der Waals surface area (Å²) in [6.07, 6.45) is 2.18. The van der Waals surface area contributed by atoms with Gasteiger partial charge in [0.25, 0.3) is 15.7 Å². The predicted octanol–water partition coefficient (Wildman–Crippen LogP) is 10.0. The molecule has 0 bridgehead atoms. The lowest BCUT2D eigenvalue weighted by atomic mass is 9.79. The first-order valence-corrected chi connectivity index (χ1v) is 19.9. The molecule has 1 atom stereocenters. The molecule has 17 heteroatoms. The van der Waals surface area contributed by atoms with E-state index >= 15 is 8.78 Å². The van der Waals surface area contributed by atoms with E-state index in [4.69, 9.17) is 19.2 Å². The number of nitrogens with zero attached hydrogens (tertiary/aromatic N) is 5. The van der Waals surface area contributed by atoms with Crippen molar-refractivity contribution in [2.24, 2.45) is 7.05 Å². The van der Waals surface area contributed by atoms with Crippen LogP contribution in [0.2, 0.25) is 0 Å². The van der Waals surface area contributed by atoms with E-state index in [1.807, 2.05) is 31.2 Å². The first-order valence-electron chi connectivity index (χ1n) is 17.7. The average molecular weight is 885 g/mol. The minimum atomic E-state index is -4.22. The molecule has 0 spiro atoms. The monoisotopic (exact) mass is 883 g/mol. The highest BCUT2D eigenvalue weighted by Crippen LogP contribution is 2.40. The summed E-state index contributed by atoms with van der Waals surface area (Å²) in [6, 6.07) is 25.9. The summed E-state index contributed by atoms with van der Waals surface area (Å²) in [5.74, 6) is -1.76. The molecule has 0 aliphatic rings. The highest BCUT2D eigenvalue weighted by Gasteiger charge is 2.34. The standard InChI is InChI=1S/C42H32BrF2N5O8S/c1-4-20-42(2,26-9-8-10-27(43)22-26)40-46-39(48(3)47-40)33-23-30(17-18-35(33)44)57-38-34(25-56-41(51)58-29-15-13-28(14-16-29)50(52)53)32-19-21-49(37(32)24-36(38)45)59(54,55)31-11-6-5-7-12-31/h4-19,21-24H,1,20,25H2,2-3H3. The number of aromatic nitrogens is 4. The van der Waals surface area contributed by atoms with Gasteiger partial charge in [0, 0.05) is 46.9 Å². The highest BCUT2D eigenvalue weighted by molar-refractivity contribution is 9.10. The number of ether oxygens (including phenoxy) is 3. The van der Waals surface area contributed by atoms with Crippen molar-refractivity contribution in [2.45, 2.75) is 30.3 Å². The van der Waals surface area contributed by atoms with Crippen molar-refractivity contribution in [1.82, 2.24) is 18.7 Å². The van der Waals surface area contributed by atoms with Crippen molar-refractivity contribution in [1.29, 1.82) is 0 Å². The van der Waals surface area contributed by atoms with Crippen LogP contribution < -0.4 is 9.47 Å². The minimum Gasteiger partial charge on any atom is -0.454 e. The van der Waals surface area contributed by atoms with Gasteiger partial charge in [0.15, 0.2) is 23.2 Å². The van der Waals surface area contributed by atoms with Gasteiger partial charge in [-0.2, -0.15) is 5.10 Å². The number of aryl methyl sites for hydroxylation is 1. The second kappa shape index (κ2) is 16.3. The van der Waals surface area contributed by atoms with Crippen molar-refractivity contribution < 1.29 is 41.1 Å². The minimum absolute atomic E-state index is 0.0231. The van der Waals surface area contributed by atoms with E-state index in [0.717, 1.165) is 38.3 Å².